The van der Waals surface area contributed by atoms with E-state index < -0.39 is 6.10 Å². The molecule has 0 aliphatic rings. The third kappa shape index (κ3) is 49.3. The number of unbranched alkanes of at least 4 members (excludes halogenated alkanes) is 19. The van der Waals surface area contributed by atoms with E-state index >= 15 is 0 Å². The standard InChI is InChI=1S/C58H96O6/c1-4-7-10-13-16-19-22-25-27-28-29-30-32-33-36-39-42-45-48-51-57(60)63-54-55(53-62-56(59)50-47-44-41-38-35-24-21-18-15-12-9-6-3)64-58(61)52-49-46-43-40-37-34-31-26-23-20-17-14-11-8-5-2/h7,10,16-17,19-20,25-27,29-31,33,36-37,40,55H,4-6,8-9,11-15,18,21-24,28,32,34-35,38-39,41-54H2,1-3H3/b10-7-,19-16-,20-17-,27-25-,30-29-,31-26-,36-33-,40-37-/t55-/m0/s1. The van der Waals surface area contributed by atoms with E-state index in [1.807, 2.05) is 0 Å². The minimum atomic E-state index is -0.810. The fourth-order valence-electron chi connectivity index (χ4n) is 6.89. The molecule has 0 rings (SSSR count). The molecule has 0 aromatic heterocycles. The Hall–Kier alpha value is -3.67. The first-order valence-electron chi connectivity index (χ1n) is 26.2. The Balaban J connectivity index is 4.50. The zero-order valence-electron chi connectivity index (χ0n) is 41.5. The van der Waals surface area contributed by atoms with E-state index in [2.05, 4.69) is 118 Å². The van der Waals surface area contributed by atoms with Crippen LogP contribution < -0.4 is 0 Å². The first kappa shape index (κ1) is 60.3. The van der Waals surface area contributed by atoms with Crippen LogP contribution in [0.25, 0.3) is 0 Å². The fourth-order valence-corrected chi connectivity index (χ4v) is 6.89. The van der Waals surface area contributed by atoms with Crippen molar-refractivity contribution >= 4 is 17.9 Å². The predicted molar refractivity (Wildman–Crippen MR) is 274 cm³/mol. The van der Waals surface area contributed by atoms with Crippen LogP contribution in [-0.4, -0.2) is 37.2 Å². The van der Waals surface area contributed by atoms with Crippen molar-refractivity contribution in [3.63, 3.8) is 0 Å². The molecule has 0 aromatic carbocycles. The van der Waals surface area contributed by atoms with E-state index in [9.17, 15) is 14.4 Å². The van der Waals surface area contributed by atoms with Crippen LogP contribution in [0.4, 0.5) is 0 Å². The number of rotatable bonds is 46. The van der Waals surface area contributed by atoms with Gasteiger partial charge in [-0.2, -0.15) is 0 Å². The summed E-state index contributed by atoms with van der Waals surface area (Å²) in [4.78, 5) is 38.0. The lowest BCUT2D eigenvalue weighted by atomic mass is 10.0. The molecule has 0 fully saturated rings. The van der Waals surface area contributed by atoms with Gasteiger partial charge in [0.2, 0.25) is 0 Å². The predicted octanol–water partition coefficient (Wildman–Crippen LogP) is 17.4. The molecule has 64 heavy (non-hydrogen) atoms. The Morgan fingerprint density at radius 3 is 1.02 bits per heavy atom. The van der Waals surface area contributed by atoms with Crippen LogP contribution >= 0.6 is 0 Å². The second-order valence-corrected chi connectivity index (χ2v) is 17.1. The third-order valence-electron chi connectivity index (χ3n) is 10.8. The molecular formula is C58H96O6. The van der Waals surface area contributed by atoms with Crippen LogP contribution in [0, 0.1) is 0 Å². The Bertz CT molecular complexity index is 1300. The van der Waals surface area contributed by atoms with Crippen molar-refractivity contribution in [1.82, 2.24) is 0 Å². The highest BCUT2D eigenvalue weighted by molar-refractivity contribution is 5.71. The van der Waals surface area contributed by atoms with Crippen molar-refractivity contribution in [3.8, 4) is 0 Å². The molecule has 6 nitrogen and oxygen atoms in total. The summed E-state index contributed by atoms with van der Waals surface area (Å²) in [5.74, 6) is -0.977. The molecule has 0 radical (unpaired) electrons. The summed E-state index contributed by atoms with van der Waals surface area (Å²) in [6.45, 7) is 6.42. The zero-order chi connectivity index (χ0) is 46.5. The summed E-state index contributed by atoms with van der Waals surface area (Å²) in [7, 11) is 0. The lowest BCUT2D eigenvalue weighted by Gasteiger charge is -2.18. The van der Waals surface area contributed by atoms with Crippen LogP contribution in [-0.2, 0) is 28.6 Å². The molecular weight excluding hydrogens is 793 g/mol. The number of hydrogen-bond donors (Lipinski definition) is 0. The summed E-state index contributed by atoms with van der Waals surface area (Å²) < 4.78 is 16.7. The van der Waals surface area contributed by atoms with E-state index in [1.54, 1.807) is 0 Å². The number of ether oxygens (including phenoxy) is 3. The van der Waals surface area contributed by atoms with Gasteiger partial charge in [-0.3, -0.25) is 14.4 Å². The van der Waals surface area contributed by atoms with Crippen molar-refractivity contribution in [3.05, 3.63) is 97.2 Å². The van der Waals surface area contributed by atoms with Crippen LogP contribution in [0.15, 0.2) is 97.2 Å². The van der Waals surface area contributed by atoms with Gasteiger partial charge in [0.25, 0.3) is 0 Å². The maximum Gasteiger partial charge on any atom is 0.306 e. The van der Waals surface area contributed by atoms with Crippen LogP contribution in [0.2, 0.25) is 0 Å². The van der Waals surface area contributed by atoms with E-state index in [1.165, 1.54) is 83.5 Å². The second-order valence-electron chi connectivity index (χ2n) is 17.1. The highest BCUT2D eigenvalue weighted by Gasteiger charge is 2.19. The maximum absolute atomic E-state index is 12.8. The molecule has 1 atom stereocenters. The molecule has 0 unspecified atom stereocenters. The Kier molecular flexibility index (Phi) is 49.0. The van der Waals surface area contributed by atoms with Gasteiger partial charge in [-0.15, -0.1) is 0 Å². The van der Waals surface area contributed by atoms with Gasteiger partial charge in [0.1, 0.15) is 13.2 Å². The summed E-state index contributed by atoms with van der Waals surface area (Å²) in [6.07, 6.45) is 68.2. The number of carbonyl (C=O) groups excluding carboxylic acids is 3. The van der Waals surface area contributed by atoms with Gasteiger partial charge >= 0.3 is 17.9 Å². The lowest BCUT2D eigenvalue weighted by molar-refractivity contribution is -0.167. The molecule has 0 aromatic rings. The normalized spacial score (nSPS) is 12.9. The van der Waals surface area contributed by atoms with Crippen molar-refractivity contribution < 1.29 is 28.6 Å². The topological polar surface area (TPSA) is 78.9 Å². The molecule has 364 valence electrons. The monoisotopic (exact) mass is 889 g/mol. The van der Waals surface area contributed by atoms with Crippen LogP contribution in [0.3, 0.4) is 0 Å². The van der Waals surface area contributed by atoms with Gasteiger partial charge in [0.15, 0.2) is 6.10 Å². The molecule has 0 aliphatic carbocycles. The average molecular weight is 889 g/mol. The summed E-state index contributed by atoms with van der Waals surface area (Å²) in [5.41, 5.74) is 0. The van der Waals surface area contributed by atoms with Crippen LogP contribution in [0.5, 0.6) is 0 Å². The van der Waals surface area contributed by atoms with E-state index in [4.69, 9.17) is 14.2 Å². The van der Waals surface area contributed by atoms with Crippen molar-refractivity contribution in [2.24, 2.45) is 0 Å². The minimum absolute atomic E-state index is 0.103. The molecule has 0 saturated carbocycles. The number of hydrogen-bond acceptors (Lipinski definition) is 6. The van der Waals surface area contributed by atoms with E-state index in [-0.39, 0.29) is 37.5 Å². The molecule has 6 heteroatoms. The van der Waals surface area contributed by atoms with E-state index in [0.29, 0.717) is 19.3 Å². The molecule has 0 heterocycles. The van der Waals surface area contributed by atoms with Crippen LogP contribution in [0.1, 0.15) is 233 Å². The molecule has 0 aliphatic heterocycles. The molecule has 0 spiro atoms. The quantitative estimate of drug-likeness (QED) is 0.0262. The molecule has 0 bridgehead atoms. The smallest absolute Gasteiger partial charge is 0.306 e. The van der Waals surface area contributed by atoms with Gasteiger partial charge in [-0.25, -0.2) is 0 Å². The average Bonchev–Trinajstić information content (AvgIpc) is 3.29. The number of esters is 3. The Labute approximate surface area is 394 Å². The first-order valence-corrected chi connectivity index (χ1v) is 26.2. The number of carbonyl (C=O) groups is 3. The Morgan fingerprint density at radius 1 is 0.328 bits per heavy atom. The molecule has 0 amide bonds. The lowest BCUT2D eigenvalue weighted by Crippen LogP contribution is -2.30. The molecule has 0 N–H and O–H groups in total. The van der Waals surface area contributed by atoms with Gasteiger partial charge in [0, 0.05) is 19.3 Å². The first-order chi connectivity index (χ1) is 31.5. The maximum atomic E-state index is 12.8. The second kappa shape index (κ2) is 52.0. The SMILES string of the molecule is CC/C=C\C/C=C\C/C=C\C/C=C\C/C=C\CCCCCC(=O)OC[C@H](COC(=O)CCCCCCCCCCCCCC)OC(=O)CCCC/C=C\C/C=C\C/C=C\CCCCC. The van der Waals surface area contributed by atoms with Gasteiger partial charge < -0.3 is 14.2 Å². The summed E-state index contributed by atoms with van der Waals surface area (Å²) >= 11 is 0. The van der Waals surface area contributed by atoms with Crippen molar-refractivity contribution in [2.75, 3.05) is 13.2 Å². The highest BCUT2D eigenvalue weighted by atomic mass is 16.6. The minimum Gasteiger partial charge on any atom is -0.462 e. The fraction of sp³-hybridized carbons (Fsp3) is 0.672. The van der Waals surface area contributed by atoms with Gasteiger partial charge in [0.05, 0.1) is 0 Å². The zero-order valence-corrected chi connectivity index (χ0v) is 41.5. The molecule has 0 saturated heterocycles. The Morgan fingerprint density at radius 2 is 0.609 bits per heavy atom. The van der Waals surface area contributed by atoms with Gasteiger partial charge in [-0.05, 0) is 103 Å². The summed E-state index contributed by atoms with van der Waals surface area (Å²) in [5, 5.41) is 0. The van der Waals surface area contributed by atoms with Gasteiger partial charge in [-0.1, -0.05) is 208 Å². The largest absolute Gasteiger partial charge is 0.462 e. The third-order valence-corrected chi connectivity index (χ3v) is 10.8. The van der Waals surface area contributed by atoms with E-state index in [0.717, 1.165) is 103 Å². The summed E-state index contributed by atoms with van der Waals surface area (Å²) in [6, 6.07) is 0. The van der Waals surface area contributed by atoms with Crippen molar-refractivity contribution in [2.45, 2.75) is 239 Å². The highest BCUT2D eigenvalue weighted by Crippen LogP contribution is 2.14. The van der Waals surface area contributed by atoms with Crippen molar-refractivity contribution in [1.29, 1.82) is 0 Å². The number of allylic oxidation sites excluding steroid dienone is 16.